The van der Waals surface area contributed by atoms with Gasteiger partial charge in [-0.2, -0.15) is 4.98 Å². The molecule has 0 unspecified atom stereocenters. The van der Waals surface area contributed by atoms with E-state index in [1.807, 2.05) is 18.2 Å². The van der Waals surface area contributed by atoms with E-state index in [0.717, 1.165) is 11.1 Å². The molecule has 0 bridgehead atoms. The van der Waals surface area contributed by atoms with Crippen LogP contribution in [0.5, 0.6) is 11.5 Å². The Morgan fingerprint density at radius 1 is 1.13 bits per heavy atom. The highest BCUT2D eigenvalue weighted by Gasteiger charge is 2.13. The predicted octanol–water partition coefficient (Wildman–Crippen LogP) is 2.40. The Kier molecular flexibility index (Phi) is 4.29. The summed E-state index contributed by atoms with van der Waals surface area (Å²) in [5, 5.41) is 3.99. The van der Waals surface area contributed by atoms with Crippen LogP contribution in [-0.4, -0.2) is 24.4 Å². The first kappa shape index (κ1) is 15.1. The van der Waals surface area contributed by atoms with E-state index in [1.54, 1.807) is 26.5 Å². The molecule has 2 heterocycles. The minimum Gasteiger partial charge on any atom is -0.493 e. The van der Waals surface area contributed by atoms with Crippen LogP contribution in [0, 0.1) is 0 Å². The molecule has 7 nitrogen and oxygen atoms in total. The molecule has 3 aromatic rings. The number of rotatable bonds is 6. The molecule has 0 atom stereocenters. The Balaban J connectivity index is 1.79. The topological polar surface area (TPSA) is 96.5 Å². The fourth-order valence-corrected chi connectivity index (χ4v) is 2.22. The zero-order valence-corrected chi connectivity index (χ0v) is 12.9. The highest BCUT2D eigenvalue weighted by molar-refractivity contribution is 5.51. The largest absolute Gasteiger partial charge is 0.493 e. The monoisotopic (exact) mass is 315 g/mol. The van der Waals surface area contributed by atoms with Crippen molar-refractivity contribution in [3.05, 3.63) is 47.7 Å². The van der Waals surface area contributed by atoms with E-state index in [1.165, 1.54) is 0 Å². The van der Waals surface area contributed by atoms with Gasteiger partial charge in [0, 0.05) is 6.42 Å². The lowest BCUT2D eigenvalue weighted by Crippen LogP contribution is -1.95. The highest BCUT2D eigenvalue weighted by Crippen LogP contribution is 2.28. The van der Waals surface area contributed by atoms with Crippen molar-refractivity contribution in [3.8, 4) is 23.0 Å². The minimum atomic E-state index is 0.326. The van der Waals surface area contributed by atoms with Crippen molar-refractivity contribution in [2.75, 3.05) is 14.2 Å². The predicted molar refractivity (Wildman–Crippen MR) is 82.2 cm³/mol. The van der Waals surface area contributed by atoms with E-state index >= 15 is 0 Å². The molecule has 2 aromatic heterocycles. The fourth-order valence-electron chi connectivity index (χ4n) is 2.22. The van der Waals surface area contributed by atoms with Crippen molar-refractivity contribution in [2.24, 2.45) is 5.73 Å². The van der Waals surface area contributed by atoms with Gasteiger partial charge in [0.15, 0.2) is 17.3 Å². The first-order valence-electron chi connectivity index (χ1n) is 7.05. The average molecular weight is 315 g/mol. The molecule has 3 rings (SSSR count). The summed E-state index contributed by atoms with van der Waals surface area (Å²) < 4.78 is 21.0. The van der Waals surface area contributed by atoms with Gasteiger partial charge in [-0.15, -0.1) is 0 Å². The molecule has 0 radical (unpaired) electrons. The fraction of sp³-hybridized carbons (Fsp3) is 0.250. The van der Waals surface area contributed by atoms with Crippen molar-refractivity contribution in [2.45, 2.75) is 13.0 Å². The molecule has 120 valence electrons. The number of ether oxygens (including phenoxy) is 2. The number of furan rings is 1. The van der Waals surface area contributed by atoms with Crippen LogP contribution >= 0.6 is 0 Å². The molecule has 0 saturated heterocycles. The standard InChI is InChI=1S/C16H17N3O4/c1-20-13-4-3-10(5-14(13)21-2)6-15-18-16(23-19-15)11-7-12(8-17)22-9-11/h3-5,7,9H,6,8,17H2,1-2H3. The molecule has 0 spiro atoms. The van der Waals surface area contributed by atoms with E-state index in [-0.39, 0.29) is 0 Å². The van der Waals surface area contributed by atoms with Gasteiger partial charge in [-0.25, -0.2) is 0 Å². The van der Waals surface area contributed by atoms with Crippen molar-refractivity contribution >= 4 is 0 Å². The van der Waals surface area contributed by atoms with Crippen molar-refractivity contribution < 1.29 is 18.4 Å². The van der Waals surface area contributed by atoms with Crippen LogP contribution in [0.25, 0.3) is 11.5 Å². The smallest absolute Gasteiger partial charge is 0.261 e. The summed E-state index contributed by atoms with van der Waals surface area (Å²) in [5.41, 5.74) is 7.23. The Hall–Kier alpha value is -2.80. The molecule has 7 heteroatoms. The second-order valence-corrected chi connectivity index (χ2v) is 4.89. The molecule has 2 N–H and O–H groups in total. The number of nitrogens with two attached hydrogens (primary N) is 1. The van der Waals surface area contributed by atoms with Gasteiger partial charge in [0.2, 0.25) is 0 Å². The van der Waals surface area contributed by atoms with Gasteiger partial charge in [0.25, 0.3) is 5.89 Å². The number of hydrogen-bond acceptors (Lipinski definition) is 7. The van der Waals surface area contributed by atoms with Gasteiger partial charge in [-0.3, -0.25) is 0 Å². The van der Waals surface area contributed by atoms with E-state index in [2.05, 4.69) is 10.1 Å². The summed E-state index contributed by atoms with van der Waals surface area (Å²) in [7, 11) is 3.20. The zero-order chi connectivity index (χ0) is 16.2. The van der Waals surface area contributed by atoms with Gasteiger partial charge in [0.1, 0.15) is 12.0 Å². The maximum Gasteiger partial charge on any atom is 0.261 e. The summed E-state index contributed by atoms with van der Waals surface area (Å²) in [6, 6.07) is 7.45. The van der Waals surface area contributed by atoms with E-state index in [4.69, 9.17) is 24.1 Å². The minimum absolute atomic E-state index is 0.326. The molecule has 0 aliphatic heterocycles. The summed E-state index contributed by atoms with van der Waals surface area (Å²) in [6.45, 7) is 0.326. The quantitative estimate of drug-likeness (QED) is 0.746. The van der Waals surface area contributed by atoms with Crippen molar-refractivity contribution in [3.63, 3.8) is 0 Å². The maximum absolute atomic E-state index is 5.52. The Morgan fingerprint density at radius 3 is 2.65 bits per heavy atom. The Labute approximate surface area is 133 Å². The van der Waals surface area contributed by atoms with Crippen LogP contribution in [0.4, 0.5) is 0 Å². The SMILES string of the molecule is COc1ccc(Cc2noc(-c3coc(CN)c3)n2)cc1OC. The summed E-state index contributed by atoms with van der Waals surface area (Å²) in [6.07, 6.45) is 2.07. The lowest BCUT2D eigenvalue weighted by molar-refractivity contribution is 0.354. The van der Waals surface area contributed by atoms with Crippen LogP contribution in [0.15, 0.2) is 39.5 Å². The average Bonchev–Trinajstić information content (AvgIpc) is 3.23. The number of methoxy groups -OCH3 is 2. The number of aromatic nitrogens is 2. The van der Waals surface area contributed by atoms with Crippen LogP contribution in [0.2, 0.25) is 0 Å². The lowest BCUT2D eigenvalue weighted by atomic mass is 10.1. The third-order valence-electron chi connectivity index (χ3n) is 3.38. The maximum atomic E-state index is 5.52. The molecule has 0 amide bonds. The first-order valence-corrected chi connectivity index (χ1v) is 7.05. The molecule has 0 saturated carbocycles. The third-order valence-corrected chi connectivity index (χ3v) is 3.38. The second-order valence-electron chi connectivity index (χ2n) is 4.89. The molecule has 1 aromatic carbocycles. The molecule has 0 aliphatic carbocycles. The highest BCUT2D eigenvalue weighted by atomic mass is 16.5. The zero-order valence-electron chi connectivity index (χ0n) is 12.9. The molecule has 23 heavy (non-hydrogen) atoms. The third kappa shape index (κ3) is 3.19. The van der Waals surface area contributed by atoms with Crippen LogP contribution in [0.3, 0.4) is 0 Å². The number of benzene rings is 1. The summed E-state index contributed by atoms with van der Waals surface area (Å²) in [4.78, 5) is 4.37. The second kappa shape index (κ2) is 6.53. The summed E-state index contributed by atoms with van der Waals surface area (Å²) in [5.74, 6) is 2.99. The Bertz CT molecular complexity index is 794. The normalized spacial score (nSPS) is 10.7. The molecule has 0 aliphatic rings. The molecular weight excluding hydrogens is 298 g/mol. The van der Waals surface area contributed by atoms with E-state index < -0.39 is 0 Å². The van der Waals surface area contributed by atoms with Crippen molar-refractivity contribution in [1.29, 1.82) is 0 Å². The van der Waals surface area contributed by atoms with Crippen molar-refractivity contribution in [1.82, 2.24) is 10.1 Å². The summed E-state index contributed by atoms with van der Waals surface area (Å²) >= 11 is 0. The number of nitrogens with zero attached hydrogens (tertiary/aromatic N) is 2. The van der Waals surface area contributed by atoms with E-state index in [9.17, 15) is 0 Å². The van der Waals surface area contributed by atoms with Gasteiger partial charge < -0.3 is 24.1 Å². The van der Waals surface area contributed by atoms with Gasteiger partial charge in [-0.05, 0) is 23.8 Å². The van der Waals surface area contributed by atoms with Crippen LogP contribution < -0.4 is 15.2 Å². The van der Waals surface area contributed by atoms with E-state index in [0.29, 0.717) is 41.9 Å². The first-order chi connectivity index (χ1) is 11.2. The Morgan fingerprint density at radius 2 is 1.96 bits per heavy atom. The van der Waals surface area contributed by atoms with Gasteiger partial charge >= 0.3 is 0 Å². The molecular formula is C16H17N3O4. The number of hydrogen-bond donors (Lipinski definition) is 1. The van der Waals surface area contributed by atoms with Gasteiger partial charge in [-0.1, -0.05) is 11.2 Å². The van der Waals surface area contributed by atoms with Crippen LogP contribution in [0.1, 0.15) is 17.1 Å². The van der Waals surface area contributed by atoms with Gasteiger partial charge in [0.05, 0.1) is 26.3 Å². The lowest BCUT2D eigenvalue weighted by Gasteiger charge is -2.08. The van der Waals surface area contributed by atoms with Crippen LogP contribution in [-0.2, 0) is 13.0 Å². The molecule has 0 fully saturated rings.